The molecule has 0 heterocycles. The zero-order chi connectivity index (χ0) is 16.3. The normalized spacial score (nSPS) is 22.1. The van der Waals surface area contributed by atoms with E-state index in [-0.39, 0.29) is 11.9 Å². The molecular weight excluding hydrogens is 326 g/mol. The van der Waals surface area contributed by atoms with Gasteiger partial charge in [0.1, 0.15) is 5.75 Å². The topological polar surface area (TPSA) is 72.5 Å². The number of sulfone groups is 1. The minimum Gasteiger partial charge on any atom is -0.496 e. The first kappa shape index (κ1) is 17.1. The number of benzene rings is 1. The number of hydrogen-bond acceptors (Lipinski definition) is 4. The van der Waals surface area contributed by atoms with Crippen molar-refractivity contribution in [3.05, 3.63) is 28.8 Å². The first-order valence-corrected chi connectivity index (χ1v) is 9.49. The lowest BCUT2D eigenvalue weighted by Crippen LogP contribution is -2.48. The third-order valence-corrected chi connectivity index (χ3v) is 5.87. The number of amides is 1. The number of methoxy groups -OCH3 is 1. The van der Waals surface area contributed by atoms with Crippen LogP contribution in [-0.2, 0) is 9.84 Å². The molecule has 0 aliphatic heterocycles. The van der Waals surface area contributed by atoms with E-state index in [9.17, 15) is 13.2 Å². The Morgan fingerprint density at radius 2 is 2.00 bits per heavy atom. The molecule has 0 spiro atoms. The van der Waals surface area contributed by atoms with Crippen molar-refractivity contribution in [3.63, 3.8) is 0 Å². The number of carbonyl (C=O) groups excluding carboxylic acids is 1. The van der Waals surface area contributed by atoms with Gasteiger partial charge in [0.25, 0.3) is 5.91 Å². The minimum absolute atomic E-state index is 0.313. The van der Waals surface area contributed by atoms with Crippen LogP contribution in [0, 0.1) is 0 Å². The molecule has 1 N–H and O–H groups in total. The molecule has 1 aromatic carbocycles. The van der Waals surface area contributed by atoms with Crippen molar-refractivity contribution in [2.45, 2.75) is 37.0 Å². The van der Waals surface area contributed by atoms with Gasteiger partial charge in [-0.1, -0.05) is 24.4 Å². The van der Waals surface area contributed by atoms with Gasteiger partial charge in [0, 0.05) is 17.3 Å². The molecule has 0 radical (unpaired) electrons. The van der Waals surface area contributed by atoms with E-state index in [2.05, 4.69) is 5.32 Å². The van der Waals surface area contributed by atoms with Gasteiger partial charge < -0.3 is 10.1 Å². The molecule has 0 aromatic heterocycles. The summed E-state index contributed by atoms with van der Waals surface area (Å²) in [6.45, 7) is 0. The lowest BCUT2D eigenvalue weighted by atomic mass is 9.94. The maximum Gasteiger partial charge on any atom is 0.255 e. The molecule has 1 aromatic rings. The van der Waals surface area contributed by atoms with Crippen LogP contribution in [0.2, 0.25) is 5.02 Å². The molecule has 0 saturated heterocycles. The Balaban J connectivity index is 2.22. The summed E-state index contributed by atoms with van der Waals surface area (Å²) >= 11 is 5.93. The van der Waals surface area contributed by atoms with Gasteiger partial charge in [0.05, 0.1) is 17.9 Å². The molecule has 0 unspecified atom stereocenters. The predicted molar refractivity (Wildman–Crippen MR) is 86.4 cm³/mol. The van der Waals surface area contributed by atoms with Gasteiger partial charge in [-0.25, -0.2) is 8.42 Å². The highest BCUT2D eigenvalue weighted by molar-refractivity contribution is 7.91. The number of hydrogen-bond donors (Lipinski definition) is 1. The first-order valence-electron chi connectivity index (χ1n) is 7.16. The summed E-state index contributed by atoms with van der Waals surface area (Å²) in [5.74, 6) is 0.0496. The molecule has 122 valence electrons. The van der Waals surface area contributed by atoms with Crippen molar-refractivity contribution >= 4 is 27.3 Å². The lowest BCUT2D eigenvalue weighted by Gasteiger charge is -2.31. The largest absolute Gasteiger partial charge is 0.496 e. The second kappa shape index (κ2) is 6.87. The van der Waals surface area contributed by atoms with Crippen LogP contribution in [0.1, 0.15) is 36.0 Å². The van der Waals surface area contributed by atoms with Crippen LogP contribution in [0.15, 0.2) is 18.2 Å². The molecule has 2 atom stereocenters. The molecule has 1 aliphatic carbocycles. The second-order valence-electron chi connectivity index (χ2n) is 5.58. The molecule has 1 aliphatic rings. The third kappa shape index (κ3) is 3.93. The molecule has 7 heteroatoms. The molecule has 5 nitrogen and oxygen atoms in total. The molecule has 2 rings (SSSR count). The van der Waals surface area contributed by atoms with Crippen molar-refractivity contribution in [2.24, 2.45) is 0 Å². The van der Waals surface area contributed by atoms with Crippen LogP contribution >= 0.6 is 11.6 Å². The summed E-state index contributed by atoms with van der Waals surface area (Å²) in [6, 6.07) is 4.40. The monoisotopic (exact) mass is 345 g/mol. The van der Waals surface area contributed by atoms with Crippen LogP contribution in [0.4, 0.5) is 0 Å². The van der Waals surface area contributed by atoms with Crippen LogP contribution in [-0.4, -0.2) is 39.0 Å². The van der Waals surface area contributed by atoms with Gasteiger partial charge in [-0.15, -0.1) is 0 Å². The highest BCUT2D eigenvalue weighted by Gasteiger charge is 2.34. The summed E-state index contributed by atoms with van der Waals surface area (Å²) < 4.78 is 29.0. The zero-order valence-electron chi connectivity index (χ0n) is 12.6. The number of ether oxygens (including phenoxy) is 1. The van der Waals surface area contributed by atoms with Crippen molar-refractivity contribution in [3.8, 4) is 5.75 Å². The van der Waals surface area contributed by atoms with E-state index in [0.29, 0.717) is 29.2 Å². The third-order valence-electron chi connectivity index (χ3n) is 3.98. The van der Waals surface area contributed by atoms with Gasteiger partial charge in [0.2, 0.25) is 0 Å². The molecular formula is C15H20ClNO4S. The summed E-state index contributed by atoms with van der Waals surface area (Å²) in [4.78, 5) is 12.5. The maximum absolute atomic E-state index is 12.5. The van der Waals surface area contributed by atoms with E-state index in [0.717, 1.165) is 12.8 Å². The Kier molecular flexibility index (Phi) is 5.34. The summed E-state index contributed by atoms with van der Waals surface area (Å²) in [5.41, 5.74) is 0.313. The predicted octanol–water partition coefficient (Wildman–Crippen LogP) is 2.43. The van der Waals surface area contributed by atoms with Crippen LogP contribution < -0.4 is 10.1 Å². The van der Waals surface area contributed by atoms with Crippen LogP contribution in [0.25, 0.3) is 0 Å². The fraction of sp³-hybridized carbons (Fsp3) is 0.533. The number of carbonyl (C=O) groups is 1. The van der Waals surface area contributed by atoms with E-state index >= 15 is 0 Å². The Hall–Kier alpha value is -1.27. The van der Waals surface area contributed by atoms with Crippen molar-refractivity contribution in [1.82, 2.24) is 5.32 Å². The molecule has 1 fully saturated rings. The first-order chi connectivity index (χ1) is 10.3. The summed E-state index contributed by atoms with van der Waals surface area (Å²) in [5, 5.41) is 2.73. The standard InChI is InChI=1S/C15H20ClNO4S/c1-21-13-8-7-10(16)9-11(13)15(18)17-12-5-3-4-6-14(12)22(2,19)20/h7-9,12,14H,3-6H2,1-2H3,(H,17,18)/t12-,14-/m1/s1. The van der Waals surface area contributed by atoms with Crippen molar-refractivity contribution in [2.75, 3.05) is 13.4 Å². The van der Waals surface area contributed by atoms with Gasteiger partial charge in [0.15, 0.2) is 9.84 Å². The Bertz CT molecular complexity index is 660. The summed E-state index contributed by atoms with van der Waals surface area (Å²) in [7, 11) is -1.73. The van der Waals surface area contributed by atoms with E-state index in [4.69, 9.17) is 16.3 Å². The summed E-state index contributed by atoms with van der Waals surface area (Å²) in [6.07, 6.45) is 4.24. The number of halogens is 1. The average molecular weight is 346 g/mol. The molecule has 22 heavy (non-hydrogen) atoms. The van der Waals surface area contributed by atoms with Gasteiger partial charge >= 0.3 is 0 Å². The molecule has 0 bridgehead atoms. The van der Waals surface area contributed by atoms with Crippen molar-refractivity contribution < 1.29 is 17.9 Å². The minimum atomic E-state index is -3.20. The van der Waals surface area contributed by atoms with Crippen molar-refractivity contribution in [1.29, 1.82) is 0 Å². The fourth-order valence-corrected chi connectivity index (χ4v) is 4.45. The van der Waals surface area contributed by atoms with Gasteiger partial charge in [-0.3, -0.25) is 4.79 Å². The second-order valence-corrected chi connectivity index (χ2v) is 8.28. The van der Waals surface area contributed by atoms with E-state index < -0.39 is 15.1 Å². The maximum atomic E-state index is 12.5. The Labute approximate surface area is 135 Å². The smallest absolute Gasteiger partial charge is 0.255 e. The average Bonchev–Trinajstić information content (AvgIpc) is 2.46. The lowest BCUT2D eigenvalue weighted by molar-refractivity contribution is 0.0926. The highest BCUT2D eigenvalue weighted by Crippen LogP contribution is 2.26. The highest BCUT2D eigenvalue weighted by atomic mass is 35.5. The fourth-order valence-electron chi connectivity index (χ4n) is 2.88. The Morgan fingerprint density at radius 1 is 1.32 bits per heavy atom. The van der Waals surface area contributed by atoms with Gasteiger partial charge in [-0.2, -0.15) is 0 Å². The molecule has 1 amide bonds. The number of nitrogens with one attached hydrogen (secondary N) is 1. The van der Waals surface area contributed by atoms with Crippen LogP contribution in [0.3, 0.4) is 0 Å². The Morgan fingerprint density at radius 3 is 2.64 bits per heavy atom. The van der Waals surface area contributed by atoms with E-state index in [1.54, 1.807) is 12.1 Å². The quantitative estimate of drug-likeness (QED) is 0.909. The zero-order valence-corrected chi connectivity index (χ0v) is 14.2. The van der Waals surface area contributed by atoms with E-state index in [1.165, 1.54) is 19.4 Å². The van der Waals surface area contributed by atoms with Crippen LogP contribution in [0.5, 0.6) is 5.75 Å². The molecule has 1 saturated carbocycles. The van der Waals surface area contributed by atoms with Gasteiger partial charge in [-0.05, 0) is 31.0 Å². The number of rotatable bonds is 4. The SMILES string of the molecule is COc1ccc(Cl)cc1C(=O)N[C@@H]1CCCC[C@H]1S(C)(=O)=O. The van der Waals surface area contributed by atoms with E-state index in [1.807, 2.05) is 0 Å².